The van der Waals surface area contributed by atoms with Crippen LogP contribution >= 0.6 is 0 Å². The number of aliphatic hydroxyl groups excluding tert-OH is 1. The first kappa shape index (κ1) is 14.3. The summed E-state index contributed by atoms with van der Waals surface area (Å²) < 4.78 is 40.7. The first-order valence-corrected chi connectivity index (χ1v) is 5.99. The van der Waals surface area contributed by atoms with Gasteiger partial charge in [-0.1, -0.05) is 5.21 Å². The van der Waals surface area contributed by atoms with E-state index in [4.69, 9.17) is 5.11 Å². The molecule has 0 aliphatic heterocycles. The highest BCUT2D eigenvalue weighted by Crippen LogP contribution is 2.19. The molecule has 20 heavy (non-hydrogen) atoms. The van der Waals surface area contributed by atoms with Gasteiger partial charge in [0.1, 0.15) is 5.69 Å². The molecule has 0 aliphatic carbocycles. The third-order valence-electron chi connectivity index (χ3n) is 2.63. The Hall–Kier alpha value is -2.09. The Balaban J connectivity index is 1.98. The fraction of sp³-hybridized carbons (Fsp3) is 0.333. The normalized spacial score (nSPS) is 10.8. The summed E-state index contributed by atoms with van der Waals surface area (Å²) in [6.07, 6.45) is 2.18. The lowest BCUT2D eigenvalue weighted by molar-refractivity contribution is 0.276. The van der Waals surface area contributed by atoms with Crippen molar-refractivity contribution in [1.29, 1.82) is 0 Å². The molecule has 5 nitrogen and oxygen atoms in total. The third kappa shape index (κ3) is 3.27. The zero-order valence-corrected chi connectivity index (χ0v) is 10.5. The lowest BCUT2D eigenvalue weighted by atomic mass is 10.2. The van der Waals surface area contributed by atoms with E-state index in [1.807, 2.05) is 0 Å². The molecular weight excluding hydrogens is 273 g/mol. The van der Waals surface area contributed by atoms with Gasteiger partial charge in [-0.3, -0.25) is 4.68 Å². The molecular formula is C12H13F3N4O. The largest absolute Gasteiger partial charge is 0.396 e. The van der Waals surface area contributed by atoms with Crippen molar-refractivity contribution in [2.24, 2.45) is 0 Å². The number of rotatable bonds is 6. The molecule has 108 valence electrons. The van der Waals surface area contributed by atoms with E-state index in [0.29, 0.717) is 18.7 Å². The molecule has 0 saturated carbocycles. The van der Waals surface area contributed by atoms with Crippen LogP contribution in [0, 0.1) is 17.5 Å². The van der Waals surface area contributed by atoms with E-state index in [9.17, 15) is 13.2 Å². The van der Waals surface area contributed by atoms with Crippen molar-refractivity contribution in [3.8, 4) is 0 Å². The lowest BCUT2D eigenvalue weighted by Crippen LogP contribution is -2.04. The van der Waals surface area contributed by atoms with Crippen LogP contribution in [0.1, 0.15) is 12.1 Å². The molecule has 0 radical (unpaired) electrons. The number of aryl methyl sites for hydroxylation is 1. The predicted octanol–water partition coefficient (Wildman–Crippen LogP) is 1.69. The van der Waals surface area contributed by atoms with Crippen LogP contribution in [0.15, 0.2) is 18.3 Å². The van der Waals surface area contributed by atoms with E-state index < -0.39 is 17.5 Å². The number of anilines is 1. The summed E-state index contributed by atoms with van der Waals surface area (Å²) >= 11 is 0. The highest BCUT2D eigenvalue weighted by Gasteiger charge is 2.13. The van der Waals surface area contributed by atoms with Crippen molar-refractivity contribution in [3.05, 3.63) is 41.5 Å². The van der Waals surface area contributed by atoms with Crippen LogP contribution in [-0.2, 0) is 13.1 Å². The van der Waals surface area contributed by atoms with Crippen molar-refractivity contribution in [3.63, 3.8) is 0 Å². The van der Waals surface area contributed by atoms with Gasteiger partial charge in [0.2, 0.25) is 0 Å². The van der Waals surface area contributed by atoms with Crippen LogP contribution in [0.25, 0.3) is 0 Å². The topological polar surface area (TPSA) is 63.0 Å². The standard InChI is InChI=1S/C12H13F3N4O/c13-9-2-3-10(12(15)11(9)14)16-6-8-7-19(18-17-8)4-1-5-20/h2-3,7,16,20H,1,4-6H2. The minimum atomic E-state index is -1.51. The molecule has 0 amide bonds. The Kier molecular flexibility index (Phi) is 4.57. The number of nitrogens with one attached hydrogen (secondary N) is 1. The molecule has 1 heterocycles. The van der Waals surface area contributed by atoms with Crippen molar-refractivity contribution in [1.82, 2.24) is 15.0 Å². The summed E-state index contributed by atoms with van der Waals surface area (Å²) in [5, 5.41) is 18.9. The molecule has 0 unspecified atom stereocenters. The Bertz CT molecular complexity index is 588. The SMILES string of the molecule is OCCCn1cc(CNc2ccc(F)c(F)c2F)nn1. The molecule has 0 spiro atoms. The molecule has 2 rings (SSSR count). The molecule has 0 saturated heterocycles. The summed E-state index contributed by atoms with van der Waals surface area (Å²) in [7, 11) is 0. The van der Waals surface area contributed by atoms with E-state index in [2.05, 4.69) is 15.6 Å². The second-order valence-electron chi connectivity index (χ2n) is 4.13. The maximum Gasteiger partial charge on any atom is 0.196 e. The van der Waals surface area contributed by atoms with Crippen LogP contribution in [0.2, 0.25) is 0 Å². The van der Waals surface area contributed by atoms with Crippen LogP contribution in [0.4, 0.5) is 18.9 Å². The minimum Gasteiger partial charge on any atom is -0.396 e. The maximum atomic E-state index is 13.4. The number of halogens is 3. The molecule has 0 atom stereocenters. The lowest BCUT2D eigenvalue weighted by Gasteiger charge is -2.06. The summed E-state index contributed by atoms with van der Waals surface area (Å²) in [6, 6.07) is 1.96. The zero-order chi connectivity index (χ0) is 14.5. The number of nitrogens with zero attached hydrogens (tertiary/aromatic N) is 3. The molecule has 2 aromatic rings. The Morgan fingerprint density at radius 3 is 2.75 bits per heavy atom. The highest BCUT2D eigenvalue weighted by atomic mass is 19.2. The molecule has 2 N–H and O–H groups in total. The summed E-state index contributed by atoms with van der Waals surface area (Å²) in [4.78, 5) is 0. The monoisotopic (exact) mass is 286 g/mol. The quantitative estimate of drug-likeness (QED) is 0.793. The third-order valence-corrected chi connectivity index (χ3v) is 2.63. The van der Waals surface area contributed by atoms with E-state index in [1.165, 1.54) is 4.68 Å². The van der Waals surface area contributed by atoms with E-state index >= 15 is 0 Å². The van der Waals surface area contributed by atoms with Gasteiger partial charge in [0.15, 0.2) is 17.5 Å². The molecule has 0 bridgehead atoms. The van der Waals surface area contributed by atoms with Gasteiger partial charge in [0.05, 0.1) is 18.4 Å². The maximum absolute atomic E-state index is 13.4. The fourth-order valence-corrected chi connectivity index (χ4v) is 1.61. The number of hydrogen-bond acceptors (Lipinski definition) is 4. The second-order valence-corrected chi connectivity index (χ2v) is 4.13. The second kappa shape index (κ2) is 6.38. The molecule has 0 aliphatic rings. The van der Waals surface area contributed by atoms with Gasteiger partial charge in [0, 0.05) is 13.2 Å². The van der Waals surface area contributed by atoms with E-state index in [-0.39, 0.29) is 18.8 Å². The number of benzene rings is 1. The number of aliphatic hydroxyl groups is 1. The Labute approximate surface area is 113 Å². The summed E-state index contributed by atoms with van der Waals surface area (Å²) in [5.41, 5.74) is 0.376. The predicted molar refractivity (Wildman–Crippen MR) is 65.4 cm³/mol. The highest BCUT2D eigenvalue weighted by molar-refractivity contribution is 5.45. The summed E-state index contributed by atoms with van der Waals surface area (Å²) in [6.45, 7) is 0.692. The van der Waals surface area contributed by atoms with E-state index in [1.54, 1.807) is 6.20 Å². The molecule has 1 aromatic carbocycles. The first-order valence-electron chi connectivity index (χ1n) is 5.99. The van der Waals surface area contributed by atoms with Crippen LogP contribution in [0.3, 0.4) is 0 Å². The average Bonchev–Trinajstić information content (AvgIpc) is 2.90. The van der Waals surface area contributed by atoms with Gasteiger partial charge >= 0.3 is 0 Å². The van der Waals surface area contributed by atoms with Gasteiger partial charge < -0.3 is 10.4 Å². The van der Waals surface area contributed by atoms with Gasteiger partial charge in [-0.25, -0.2) is 13.2 Å². The van der Waals surface area contributed by atoms with Crippen molar-refractivity contribution in [2.75, 3.05) is 11.9 Å². The number of hydrogen-bond donors (Lipinski definition) is 2. The molecule has 8 heteroatoms. The van der Waals surface area contributed by atoms with Crippen LogP contribution in [0.5, 0.6) is 0 Å². The fourth-order valence-electron chi connectivity index (χ4n) is 1.61. The van der Waals surface area contributed by atoms with Gasteiger partial charge in [0.25, 0.3) is 0 Å². The molecule has 1 aromatic heterocycles. The Morgan fingerprint density at radius 2 is 2.00 bits per heavy atom. The van der Waals surface area contributed by atoms with Crippen molar-refractivity contribution in [2.45, 2.75) is 19.5 Å². The zero-order valence-electron chi connectivity index (χ0n) is 10.5. The smallest absolute Gasteiger partial charge is 0.196 e. The van der Waals surface area contributed by atoms with Gasteiger partial charge in [-0.2, -0.15) is 0 Å². The van der Waals surface area contributed by atoms with Gasteiger partial charge in [-0.15, -0.1) is 5.10 Å². The van der Waals surface area contributed by atoms with Crippen molar-refractivity contribution >= 4 is 5.69 Å². The first-order chi connectivity index (χ1) is 9.61. The minimum absolute atomic E-state index is 0.0491. The Morgan fingerprint density at radius 1 is 1.20 bits per heavy atom. The van der Waals surface area contributed by atoms with E-state index in [0.717, 1.165) is 12.1 Å². The van der Waals surface area contributed by atoms with Crippen LogP contribution < -0.4 is 5.32 Å². The van der Waals surface area contributed by atoms with Gasteiger partial charge in [-0.05, 0) is 18.6 Å². The van der Waals surface area contributed by atoms with Crippen molar-refractivity contribution < 1.29 is 18.3 Å². The number of aromatic nitrogens is 3. The average molecular weight is 286 g/mol. The molecule has 0 fully saturated rings. The summed E-state index contributed by atoms with van der Waals surface area (Å²) in [5.74, 6) is -4.01. The van der Waals surface area contributed by atoms with Crippen LogP contribution in [-0.4, -0.2) is 26.7 Å².